The van der Waals surface area contributed by atoms with E-state index in [1.54, 1.807) is 0 Å². The van der Waals surface area contributed by atoms with Gasteiger partial charge in [-0.3, -0.25) is 0 Å². The molecule has 0 radical (unpaired) electrons. The maximum Gasteiger partial charge on any atom is 0.0991 e. The first kappa shape index (κ1) is 17.1. The molecule has 0 spiro atoms. The maximum absolute atomic E-state index is 9.25. The lowest BCUT2D eigenvalue weighted by atomic mass is 9.99. The van der Waals surface area contributed by atoms with E-state index in [0.29, 0.717) is 17.0 Å². The minimum Gasteiger partial charge on any atom is -0.340 e. The van der Waals surface area contributed by atoms with Crippen LogP contribution in [0.4, 0.5) is 0 Å². The topological polar surface area (TPSA) is 52.5 Å². The standard InChI is InChI=1S/C22H23N3/c1-3-5-6-16(4-2)15-25-21-9-7-17(13-23)11-19(21)20-12-18(14-24)8-10-22(20)25/h7-12,16H,3-6,15H2,1-2H3. The predicted octanol–water partition coefficient (Wildman–Crippen LogP) is 5.75. The van der Waals surface area contributed by atoms with Crippen molar-refractivity contribution in [2.24, 2.45) is 5.92 Å². The van der Waals surface area contributed by atoms with Crippen molar-refractivity contribution in [3.63, 3.8) is 0 Å². The summed E-state index contributed by atoms with van der Waals surface area (Å²) in [7, 11) is 0. The number of hydrogen-bond donors (Lipinski definition) is 0. The van der Waals surface area contributed by atoms with Crippen molar-refractivity contribution in [2.45, 2.75) is 46.1 Å². The van der Waals surface area contributed by atoms with Crippen LogP contribution < -0.4 is 0 Å². The lowest BCUT2D eigenvalue weighted by molar-refractivity contribution is 0.401. The molecule has 0 saturated carbocycles. The Balaban J connectivity index is 2.19. The van der Waals surface area contributed by atoms with Crippen LogP contribution in [0.1, 0.15) is 50.7 Å². The number of fused-ring (bicyclic) bond motifs is 3. The van der Waals surface area contributed by atoms with E-state index in [1.165, 1.54) is 19.3 Å². The number of rotatable bonds is 6. The molecule has 0 saturated heterocycles. The summed E-state index contributed by atoms with van der Waals surface area (Å²) in [6.07, 6.45) is 4.88. The van der Waals surface area contributed by atoms with Crippen LogP contribution in [0.2, 0.25) is 0 Å². The molecule has 3 aromatic rings. The van der Waals surface area contributed by atoms with Crippen LogP contribution in [-0.4, -0.2) is 4.57 Å². The highest BCUT2D eigenvalue weighted by Gasteiger charge is 2.15. The van der Waals surface area contributed by atoms with E-state index in [-0.39, 0.29) is 0 Å². The highest BCUT2D eigenvalue weighted by Crippen LogP contribution is 2.32. The zero-order valence-electron chi connectivity index (χ0n) is 14.9. The molecule has 2 aromatic carbocycles. The lowest BCUT2D eigenvalue weighted by Gasteiger charge is -2.17. The average molecular weight is 329 g/mol. The Bertz CT molecular complexity index is 911. The Hall–Kier alpha value is -2.78. The molecule has 25 heavy (non-hydrogen) atoms. The Morgan fingerprint density at radius 1 is 0.920 bits per heavy atom. The van der Waals surface area contributed by atoms with E-state index >= 15 is 0 Å². The molecule has 1 atom stereocenters. The summed E-state index contributed by atoms with van der Waals surface area (Å²) in [5.41, 5.74) is 3.62. The summed E-state index contributed by atoms with van der Waals surface area (Å²) >= 11 is 0. The van der Waals surface area contributed by atoms with Gasteiger partial charge in [-0.2, -0.15) is 10.5 Å². The molecule has 0 aliphatic heterocycles. The van der Waals surface area contributed by atoms with Crippen molar-refractivity contribution in [2.75, 3.05) is 0 Å². The van der Waals surface area contributed by atoms with Crippen molar-refractivity contribution in [1.29, 1.82) is 10.5 Å². The number of unbranched alkanes of at least 4 members (excludes halogenated alkanes) is 1. The fraction of sp³-hybridized carbons (Fsp3) is 0.364. The molecule has 1 aromatic heterocycles. The van der Waals surface area contributed by atoms with E-state index in [9.17, 15) is 10.5 Å². The third kappa shape index (κ3) is 3.24. The van der Waals surface area contributed by atoms with Gasteiger partial charge in [0, 0.05) is 28.4 Å². The minimum atomic E-state index is 0.644. The van der Waals surface area contributed by atoms with Gasteiger partial charge in [-0.25, -0.2) is 0 Å². The van der Waals surface area contributed by atoms with Crippen LogP contribution in [0.15, 0.2) is 36.4 Å². The number of aromatic nitrogens is 1. The van der Waals surface area contributed by atoms with E-state index in [4.69, 9.17) is 0 Å². The molecule has 3 rings (SSSR count). The average Bonchev–Trinajstić information content (AvgIpc) is 2.97. The highest BCUT2D eigenvalue weighted by atomic mass is 15.0. The molecule has 1 unspecified atom stereocenters. The zero-order chi connectivity index (χ0) is 17.8. The second-order valence-electron chi connectivity index (χ2n) is 6.71. The SMILES string of the molecule is CCCCC(CC)Cn1c2ccc(C#N)cc2c2cc(C#N)ccc21. The number of nitrogens with zero attached hydrogens (tertiary/aromatic N) is 3. The summed E-state index contributed by atoms with van der Waals surface area (Å²) in [5, 5.41) is 20.6. The molecule has 1 heterocycles. The van der Waals surface area contributed by atoms with Crippen LogP contribution in [0.25, 0.3) is 21.8 Å². The van der Waals surface area contributed by atoms with Crippen LogP contribution in [0.3, 0.4) is 0 Å². The normalized spacial score (nSPS) is 12.2. The smallest absolute Gasteiger partial charge is 0.0991 e. The first-order valence-corrected chi connectivity index (χ1v) is 9.08. The molecule has 3 heteroatoms. The van der Waals surface area contributed by atoms with Crippen LogP contribution in [-0.2, 0) is 6.54 Å². The van der Waals surface area contributed by atoms with Crippen molar-refractivity contribution in [3.8, 4) is 12.1 Å². The summed E-state index contributed by atoms with van der Waals surface area (Å²) in [4.78, 5) is 0. The van der Waals surface area contributed by atoms with Crippen LogP contribution in [0, 0.1) is 28.6 Å². The van der Waals surface area contributed by atoms with Crippen molar-refractivity contribution in [3.05, 3.63) is 47.5 Å². The molecule has 3 nitrogen and oxygen atoms in total. The summed E-state index contributed by atoms with van der Waals surface area (Å²) in [6, 6.07) is 16.2. The molecular weight excluding hydrogens is 306 g/mol. The monoisotopic (exact) mass is 329 g/mol. The molecule has 0 aliphatic carbocycles. The molecule has 0 bridgehead atoms. The Labute approximate surface area is 149 Å². The molecule has 0 aliphatic rings. The van der Waals surface area contributed by atoms with Gasteiger partial charge in [0.05, 0.1) is 23.3 Å². The van der Waals surface area contributed by atoms with Crippen molar-refractivity contribution < 1.29 is 0 Å². The summed E-state index contributed by atoms with van der Waals surface area (Å²) in [5.74, 6) is 0.644. The summed E-state index contributed by atoms with van der Waals surface area (Å²) < 4.78 is 2.37. The van der Waals surface area contributed by atoms with Gasteiger partial charge in [-0.1, -0.05) is 33.1 Å². The quantitative estimate of drug-likeness (QED) is 0.578. The van der Waals surface area contributed by atoms with Gasteiger partial charge in [0.25, 0.3) is 0 Å². The van der Waals surface area contributed by atoms with Crippen LogP contribution >= 0.6 is 0 Å². The first-order valence-electron chi connectivity index (χ1n) is 9.08. The highest BCUT2D eigenvalue weighted by molar-refractivity contribution is 6.08. The second kappa shape index (κ2) is 7.41. The maximum atomic E-state index is 9.25. The summed E-state index contributed by atoms with van der Waals surface area (Å²) in [6.45, 7) is 5.48. The molecule has 126 valence electrons. The second-order valence-corrected chi connectivity index (χ2v) is 6.71. The van der Waals surface area contributed by atoms with E-state index in [0.717, 1.165) is 34.8 Å². The van der Waals surface area contributed by atoms with Gasteiger partial charge in [0.1, 0.15) is 0 Å². The van der Waals surface area contributed by atoms with Crippen molar-refractivity contribution >= 4 is 21.8 Å². The van der Waals surface area contributed by atoms with Gasteiger partial charge in [0.2, 0.25) is 0 Å². The predicted molar refractivity (Wildman–Crippen MR) is 102 cm³/mol. The third-order valence-corrected chi connectivity index (χ3v) is 5.11. The van der Waals surface area contributed by atoms with Gasteiger partial charge in [0.15, 0.2) is 0 Å². The lowest BCUT2D eigenvalue weighted by Crippen LogP contribution is -2.10. The minimum absolute atomic E-state index is 0.644. The van der Waals surface area contributed by atoms with Gasteiger partial charge in [-0.15, -0.1) is 0 Å². The Morgan fingerprint density at radius 2 is 1.48 bits per heavy atom. The van der Waals surface area contributed by atoms with E-state index < -0.39 is 0 Å². The van der Waals surface area contributed by atoms with Gasteiger partial charge >= 0.3 is 0 Å². The number of nitriles is 2. The number of benzene rings is 2. The van der Waals surface area contributed by atoms with E-state index in [2.05, 4.69) is 30.6 Å². The molecule has 0 N–H and O–H groups in total. The molecule has 0 fully saturated rings. The van der Waals surface area contributed by atoms with Crippen molar-refractivity contribution in [1.82, 2.24) is 4.57 Å². The fourth-order valence-electron chi connectivity index (χ4n) is 3.62. The molecular formula is C22H23N3. The van der Waals surface area contributed by atoms with Crippen LogP contribution in [0.5, 0.6) is 0 Å². The van der Waals surface area contributed by atoms with E-state index in [1.807, 2.05) is 36.4 Å². The largest absolute Gasteiger partial charge is 0.340 e. The first-order chi connectivity index (χ1) is 12.2. The molecule has 0 amide bonds. The third-order valence-electron chi connectivity index (χ3n) is 5.11. The van der Waals surface area contributed by atoms with Gasteiger partial charge < -0.3 is 4.57 Å². The van der Waals surface area contributed by atoms with Gasteiger partial charge in [-0.05, 0) is 48.7 Å². The Morgan fingerprint density at radius 3 is 1.92 bits per heavy atom. The fourth-order valence-corrected chi connectivity index (χ4v) is 3.62. The number of hydrogen-bond acceptors (Lipinski definition) is 2. The Kier molecular flexibility index (Phi) is 5.05. The zero-order valence-corrected chi connectivity index (χ0v) is 14.9.